The summed E-state index contributed by atoms with van der Waals surface area (Å²) in [6.07, 6.45) is -0.0457. The van der Waals surface area contributed by atoms with Crippen molar-refractivity contribution in [1.29, 1.82) is 0 Å². The summed E-state index contributed by atoms with van der Waals surface area (Å²) in [6.45, 7) is 1.55. The minimum atomic E-state index is -0.773. The molecular formula is C14H13NO3. The van der Waals surface area contributed by atoms with Crippen LogP contribution in [0.25, 0.3) is 10.8 Å². The summed E-state index contributed by atoms with van der Waals surface area (Å²) in [7, 11) is 0. The number of amides is 1. The molecule has 4 nitrogen and oxygen atoms in total. The number of rotatable bonds is 4. The predicted octanol–water partition coefficient (Wildman–Crippen LogP) is 1.90. The molecule has 18 heavy (non-hydrogen) atoms. The molecule has 0 saturated carbocycles. The molecule has 2 N–H and O–H groups in total. The molecule has 0 spiro atoms. The van der Waals surface area contributed by atoms with Crippen molar-refractivity contribution in [2.24, 2.45) is 5.73 Å². The van der Waals surface area contributed by atoms with E-state index in [0.29, 0.717) is 11.3 Å². The van der Waals surface area contributed by atoms with Crippen LogP contribution in [0, 0.1) is 0 Å². The lowest BCUT2D eigenvalue weighted by molar-refractivity contribution is -0.123. The highest BCUT2D eigenvalue weighted by Crippen LogP contribution is 2.27. The van der Waals surface area contributed by atoms with Crippen molar-refractivity contribution < 1.29 is 14.3 Å². The number of ether oxygens (including phenoxy) is 1. The number of primary amides is 1. The van der Waals surface area contributed by atoms with Crippen LogP contribution in [0.4, 0.5) is 0 Å². The molecule has 1 atom stereocenters. The Bertz CT molecular complexity index is 607. The Labute approximate surface area is 104 Å². The topological polar surface area (TPSA) is 69.4 Å². The lowest BCUT2D eigenvalue weighted by atomic mass is 10.0. The maximum Gasteiger partial charge on any atom is 0.258 e. The molecule has 2 rings (SSSR count). The molecule has 0 aliphatic heterocycles. The third-order valence-corrected chi connectivity index (χ3v) is 2.75. The molecular weight excluding hydrogens is 230 g/mol. The molecule has 0 radical (unpaired) electrons. The van der Waals surface area contributed by atoms with Gasteiger partial charge in [-0.15, -0.1) is 0 Å². The molecule has 2 aromatic carbocycles. The van der Waals surface area contributed by atoms with Crippen LogP contribution in [-0.2, 0) is 4.79 Å². The fourth-order valence-corrected chi connectivity index (χ4v) is 1.75. The Morgan fingerprint density at radius 3 is 2.67 bits per heavy atom. The zero-order chi connectivity index (χ0) is 13.1. The number of carbonyl (C=O) groups excluding carboxylic acids is 2. The molecule has 0 aliphatic carbocycles. The number of hydrogen-bond donors (Lipinski definition) is 1. The van der Waals surface area contributed by atoms with Crippen LogP contribution in [0.3, 0.4) is 0 Å². The largest absolute Gasteiger partial charge is 0.480 e. The smallest absolute Gasteiger partial charge is 0.258 e. The first-order chi connectivity index (χ1) is 8.63. The minimum Gasteiger partial charge on any atom is -0.480 e. The highest BCUT2D eigenvalue weighted by molar-refractivity contribution is 6.00. The summed E-state index contributed by atoms with van der Waals surface area (Å²) in [5, 5.41) is 1.74. The molecule has 0 aromatic heterocycles. The summed E-state index contributed by atoms with van der Waals surface area (Å²) >= 11 is 0. The molecule has 2 aromatic rings. The normalized spacial score (nSPS) is 12.1. The second kappa shape index (κ2) is 4.87. The first-order valence-corrected chi connectivity index (χ1v) is 5.56. The lowest BCUT2D eigenvalue weighted by Crippen LogP contribution is -2.30. The van der Waals surface area contributed by atoms with E-state index in [1.807, 2.05) is 30.3 Å². The standard InChI is InChI=1S/C14H13NO3/c1-9(14(15)17)18-13-7-6-10-4-2-3-5-11(10)12(13)8-16/h2-9H,1H3,(H2,15,17)/t9-/m1/s1. The van der Waals surface area contributed by atoms with Gasteiger partial charge in [-0.3, -0.25) is 9.59 Å². The lowest BCUT2D eigenvalue weighted by Gasteiger charge is -2.14. The van der Waals surface area contributed by atoms with Crippen LogP contribution in [0.5, 0.6) is 5.75 Å². The molecule has 0 saturated heterocycles. The molecule has 92 valence electrons. The minimum absolute atomic E-state index is 0.370. The van der Waals surface area contributed by atoms with Crippen LogP contribution in [0.15, 0.2) is 36.4 Å². The van der Waals surface area contributed by atoms with Gasteiger partial charge in [-0.05, 0) is 23.8 Å². The van der Waals surface area contributed by atoms with E-state index in [-0.39, 0.29) is 0 Å². The van der Waals surface area contributed by atoms with Gasteiger partial charge in [0, 0.05) is 0 Å². The number of nitrogens with two attached hydrogens (primary N) is 1. The van der Waals surface area contributed by atoms with Crippen LogP contribution >= 0.6 is 0 Å². The Morgan fingerprint density at radius 2 is 2.00 bits per heavy atom. The molecule has 0 heterocycles. The average molecular weight is 243 g/mol. The van der Waals surface area contributed by atoms with Gasteiger partial charge in [-0.25, -0.2) is 0 Å². The Morgan fingerprint density at radius 1 is 1.28 bits per heavy atom. The molecule has 0 aliphatic rings. The maximum absolute atomic E-state index is 11.2. The Hall–Kier alpha value is -2.36. The fraction of sp³-hybridized carbons (Fsp3) is 0.143. The Kier molecular flexibility index (Phi) is 3.28. The van der Waals surface area contributed by atoms with Crippen LogP contribution in [0.2, 0.25) is 0 Å². The van der Waals surface area contributed by atoms with Gasteiger partial charge in [0.05, 0.1) is 5.56 Å². The molecule has 4 heteroatoms. The summed E-state index contributed by atoms with van der Waals surface area (Å²) in [5.74, 6) is -0.199. The van der Waals surface area contributed by atoms with Gasteiger partial charge in [0.1, 0.15) is 5.75 Å². The zero-order valence-electron chi connectivity index (χ0n) is 9.92. The molecule has 0 fully saturated rings. The van der Waals surface area contributed by atoms with E-state index >= 15 is 0 Å². The van der Waals surface area contributed by atoms with Crippen molar-refractivity contribution in [3.05, 3.63) is 42.0 Å². The molecule has 1 amide bonds. The van der Waals surface area contributed by atoms with Gasteiger partial charge < -0.3 is 10.5 Å². The predicted molar refractivity (Wildman–Crippen MR) is 68.6 cm³/mol. The first-order valence-electron chi connectivity index (χ1n) is 5.56. The van der Waals surface area contributed by atoms with E-state index in [4.69, 9.17) is 10.5 Å². The maximum atomic E-state index is 11.2. The first kappa shape index (κ1) is 12.1. The SMILES string of the molecule is C[C@@H](Oc1ccc2ccccc2c1C=O)C(N)=O. The van der Waals surface area contributed by atoms with E-state index in [1.165, 1.54) is 0 Å². The highest BCUT2D eigenvalue weighted by atomic mass is 16.5. The van der Waals surface area contributed by atoms with Gasteiger partial charge >= 0.3 is 0 Å². The quantitative estimate of drug-likeness (QED) is 0.834. The van der Waals surface area contributed by atoms with Crippen molar-refractivity contribution >= 4 is 23.0 Å². The second-order valence-corrected chi connectivity index (χ2v) is 3.98. The van der Waals surface area contributed by atoms with Crippen molar-refractivity contribution in [1.82, 2.24) is 0 Å². The number of aldehydes is 1. The average Bonchev–Trinajstić information content (AvgIpc) is 2.38. The monoisotopic (exact) mass is 243 g/mol. The van der Waals surface area contributed by atoms with Crippen LogP contribution in [-0.4, -0.2) is 18.3 Å². The third kappa shape index (κ3) is 2.18. The summed E-state index contributed by atoms with van der Waals surface area (Å²) in [4.78, 5) is 22.2. The van der Waals surface area contributed by atoms with E-state index in [0.717, 1.165) is 17.1 Å². The van der Waals surface area contributed by atoms with E-state index < -0.39 is 12.0 Å². The van der Waals surface area contributed by atoms with Crippen molar-refractivity contribution in [2.45, 2.75) is 13.0 Å². The van der Waals surface area contributed by atoms with Crippen LogP contribution < -0.4 is 10.5 Å². The van der Waals surface area contributed by atoms with Gasteiger partial charge in [0.25, 0.3) is 5.91 Å². The highest BCUT2D eigenvalue weighted by Gasteiger charge is 2.14. The number of fused-ring (bicyclic) bond motifs is 1. The van der Waals surface area contributed by atoms with Gasteiger partial charge in [0.15, 0.2) is 12.4 Å². The molecule has 0 bridgehead atoms. The van der Waals surface area contributed by atoms with E-state index in [9.17, 15) is 9.59 Å². The molecule has 0 unspecified atom stereocenters. The van der Waals surface area contributed by atoms with Gasteiger partial charge in [-0.2, -0.15) is 0 Å². The van der Waals surface area contributed by atoms with Gasteiger partial charge in [-0.1, -0.05) is 30.3 Å². The summed E-state index contributed by atoms with van der Waals surface area (Å²) < 4.78 is 5.40. The van der Waals surface area contributed by atoms with Gasteiger partial charge in [0.2, 0.25) is 0 Å². The number of benzene rings is 2. The van der Waals surface area contributed by atoms with Crippen molar-refractivity contribution in [3.63, 3.8) is 0 Å². The fourth-order valence-electron chi connectivity index (χ4n) is 1.75. The third-order valence-electron chi connectivity index (χ3n) is 2.75. The number of carbonyl (C=O) groups is 2. The van der Waals surface area contributed by atoms with E-state index in [2.05, 4.69) is 0 Å². The summed E-state index contributed by atoms with van der Waals surface area (Å²) in [6, 6.07) is 11.0. The number of hydrogen-bond acceptors (Lipinski definition) is 3. The second-order valence-electron chi connectivity index (χ2n) is 3.98. The zero-order valence-corrected chi connectivity index (χ0v) is 9.92. The Balaban J connectivity index is 2.51. The van der Waals surface area contributed by atoms with Crippen molar-refractivity contribution in [3.8, 4) is 5.75 Å². The summed E-state index contributed by atoms with van der Waals surface area (Å²) in [5.41, 5.74) is 5.57. The van der Waals surface area contributed by atoms with Crippen molar-refractivity contribution in [2.75, 3.05) is 0 Å². The van der Waals surface area contributed by atoms with Crippen LogP contribution in [0.1, 0.15) is 17.3 Å². The van der Waals surface area contributed by atoms with E-state index in [1.54, 1.807) is 13.0 Å².